The van der Waals surface area contributed by atoms with Crippen molar-refractivity contribution in [2.45, 2.75) is 148 Å². The van der Waals surface area contributed by atoms with Gasteiger partial charge in [-0.2, -0.15) is 0 Å². The molecule has 0 fully saturated rings. The van der Waals surface area contributed by atoms with Gasteiger partial charge < -0.3 is 10.2 Å². The van der Waals surface area contributed by atoms with Gasteiger partial charge in [0.15, 0.2) is 0 Å². The van der Waals surface area contributed by atoms with Crippen molar-refractivity contribution in [3.05, 3.63) is 0 Å². The molecule has 0 amide bonds. The zero-order valence-corrected chi connectivity index (χ0v) is 21.2. The Labute approximate surface area is 191 Å². The van der Waals surface area contributed by atoms with Crippen LogP contribution in [0.4, 0.5) is 0 Å². The summed E-state index contributed by atoms with van der Waals surface area (Å²) in [5.74, 6) is 0. The number of aliphatic hydroxyl groups is 2. The Morgan fingerprint density at radius 3 is 1.17 bits per heavy atom. The molecule has 0 aliphatic heterocycles. The van der Waals surface area contributed by atoms with E-state index in [0.29, 0.717) is 6.61 Å². The Morgan fingerprint density at radius 2 is 0.862 bits per heavy atom. The molecule has 0 rings (SSSR count). The Kier molecular flexibility index (Phi) is 28.8. The minimum absolute atomic E-state index is 0.319. The molecule has 0 aromatic rings. The molecule has 0 aliphatic carbocycles. The third-order valence-corrected chi connectivity index (χ3v) is 5.79. The van der Waals surface area contributed by atoms with E-state index >= 15 is 0 Å². The Hall–Kier alpha value is 0.394. The predicted octanol–water partition coefficient (Wildman–Crippen LogP) is 6.87. The second-order valence-corrected chi connectivity index (χ2v) is 8.88. The normalized spacial score (nSPS) is 11.1. The Morgan fingerprint density at radius 1 is 0.586 bits per heavy atom. The zero-order valence-electron chi connectivity index (χ0n) is 19.6. The SMILES string of the molecule is CCCCCCCCC(O)(CCCCCCCC)CCCCCCCO.[O]=[Ti][OH]. The Bertz CT molecular complexity index is 272. The molecule has 0 radical (unpaired) electrons. The first-order valence-corrected chi connectivity index (χ1v) is 13.8. The number of hydrogen-bond acceptors (Lipinski definition) is 3. The van der Waals surface area contributed by atoms with Gasteiger partial charge in [-0.25, -0.2) is 0 Å². The van der Waals surface area contributed by atoms with Gasteiger partial charge >= 0.3 is 26.5 Å². The van der Waals surface area contributed by atoms with Crippen LogP contribution < -0.4 is 0 Å². The molecule has 0 spiro atoms. The molecular formula is C24H51O4Ti. The van der Waals surface area contributed by atoms with E-state index < -0.39 is 25.1 Å². The molecule has 3 N–H and O–H groups in total. The van der Waals surface area contributed by atoms with Crippen LogP contribution in [-0.4, -0.2) is 26.1 Å². The summed E-state index contributed by atoms with van der Waals surface area (Å²) in [7, 11) is 0. The summed E-state index contributed by atoms with van der Waals surface area (Å²) < 4.78 is 15.8. The average molecular weight is 452 g/mol. The van der Waals surface area contributed by atoms with Gasteiger partial charge in [0, 0.05) is 6.61 Å². The average Bonchev–Trinajstić information content (AvgIpc) is 2.71. The Balaban J connectivity index is 0. The molecule has 5 heteroatoms. The van der Waals surface area contributed by atoms with Crippen LogP contribution in [-0.2, 0) is 22.8 Å². The first kappa shape index (κ1) is 31.6. The van der Waals surface area contributed by atoms with Crippen LogP contribution in [0.1, 0.15) is 142 Å². The van der Waals surface area contributed by atoms with Gasteiger partial charge in [0.1, 0.15) is 0 Å². The van der Waals surface area contributed by atoms with Crippen molar-refractivity contribution in [2.75, 3.05) is 6.61 Å². The number of unbranched alkanes of at least 4 members (excludes halogenated alkanes) is 14. The van der Waals surface area contributed by atoms with E-state index in [9.17, 15) is 5.11 Å². The van der Waals surface area contributed by atoms with E-state index in [2.05, 4.69) is 13.8 Å². The van der Waals surface area contributed by atoms with E-state index in [-0.39, 0.29) is 0 Å². The monoisotopic (exact) mass is 451 g/mol. The third-order valence-electron chi connectivity index (χ3n) is 5.79. The predicted molar refractivity (Wildman–Crippen MR) is 119 cm³/mol. The van der Waals surface area contributed by atoms with Crippen molar-refractivity contribution in [3.8, 4) is 0 Å². The maximum atomic E-state index is 11.2. The summed E-state index contributed by atoms with van der Waals surface area (Å²) in [5, 5.41) is 20.0. The van der Waals surface area contributed by atoms with Gasteiger partial charge in [-0.3, -0.25) is 0 Å². The van der Waals surface area contributed by atoms with Crippen LogP contribution in [0.3, 0.4) is 0 Å². The fourth-order valence-electron chi connectivity index (χ4n) is 3.94. The summed E-state index contributed by atoms with van der Waals surface area (Å²) in [6.45, 7) is 4.85. The van der Waals surface area contributed by atoms with Gasteiger partial charge in [0.05, 0.1) is 5.60 Å². The second kappa shape index (κ2) is 26.4. The van der Waals surface area contributed by atoms with E-state index in [1.165, 1.54) is 89.9 Å². The molecule has 175 valence electrons. The summed E-state index contributed by atoms with van der Waals surface area (Å²) >= 11 is -1.75. The van der Waals surface area contributed by atoms with Gasteiger partial charge in [-0.1, -0.05) is 117 Å². The fraction of sp³-hybridized carbons (Fsp3) is 1.00. The zero-order chi connectivity index (χ0) is 22.1. The standard InChI is InChI=1S/C24H50O2.H2O.O.Ti/c1-3-5-7-9-12-16-20-24(26,21-17-13-10-8-6-4-2)22-18-14-11-15-19-23-25;;;/h25-26H,3-23H2,1-2H3;1H2;;/q;;;+1/p-1. The van der Waals surface area contributed by atoms with E-state index in [1.54, 1.807) is 0 Å². The first-order chi connectivity index (χ1) is 14.1. The molecule has 0 aromatic carbocycles. The van der Waals surface area contributed by atoms with Crippen molar-refractivity contribution in [1.29, 1.82) is 0 Å². The molecule has 0 saturated heterocycles. The van der Waals surface area contributed by atoms with Crippen molar-refractivity contribution < 1.29 is 36.7 Å². The van der Waals surface area contributed by atoms with E-state index in [1.807, 2.05) is 0 Å². The van der Waals surface area contributed by atoms with Crippen LogP contribution >= 0.6 is 0 Å². The quantitative estimate of drug-likeness (QED) is 0.131. The van der Waals surface area contributed by atoms with Crippen molar-refractivity contribution in [3.63, 3.8) is 0 Å². The van der Waals surface area contributed by atoms with Crippen LogP contribution in [0.15, 0.2) is 0 Å². The van der Waals surface area contributed by atoms with Crippen LogP contribution in [0.5, 0.6) is 0 Å². The van der Waals surface area contributed by atoms with Gasteiger partial charge in [0.2, 0.25) is 0 Å². The molecule has 0 heterocycles. The van der Waals surface area contributed by atoms with Crippen molar-refractivity contribution >= 4 is 0 Å². The first-order valence-electron chi connectivity index (χ1n) is 12.4. The number of rotatable bonds is 21. The molecule has 4 nitrogen and oxygen atoms in total. The maximum absolute atomic E-state index is 11.2. The van der Waals surface area contributed by atoms with Crippen LogP contribution in [0, 0.1) is 0 Å². The third kappa shape index (κ3) is 26.4. The van der Waals surface area contributed by atoms with Crippen molar-refractivity contribution in [1.82, 2.24) is 0 Å². The van der Waals surface area contributed by atoms with E-state index in [4.69, 9.17) is 12.1 Å². The molecule has 0 aliphatic rings. The summed E-state index contributed by atoms with van der Waals surface area (Å²) in [4.78, 5) is 0. The molecule has 29 heavy (non-hydrogen) atoms. The van der Waals surface area contributed by atoms with Gasteiger partial charge in [-0.15, -0.1) is 0 Å². The van der Waals surface area contributed by atoms with Crippen molar-refractivity contribution in [2.24, 2.45) is 0 Å². The molecule has 0 atom stereocenters. The number of hydrogen-bond donors (Lipinski definition) is 3. The summed E-state index contributed by atoms with van der Waals surface area (Å²) in [6, 6.07) is 0. The molecule has 0 bridgehead atoms. The fourth-order valence-corrected chi connectivity index (χ4v) is 3.94. The molecule has 0 aromatic heterocycles. The molecule has 0 unspecified atom stereocenters. The van der Waals surface area contributed by atoms with E-state index in [0.717, 1.165) is 38.5 Å². The molecule has 0 saturated carbocycles. The van der Waals surface area contributed by atoms with Gasteiger partial charge in [0.25, 0.3) is 0 Å². The summed E-state index contributed by atoms with van der Waals surface area (Å²) in [6.07, 6.45) is 24.3. The minimum atomic E-state index is -1.75. The van der Waals surface area contributed by atoms with Crippen LogP contribution in [0.2, 0.25) is 0 Å². The van der Waals surface area contributed by atoms with Gasteiger partial charge in [-0.05, 0) is 25.7 Å². The topological polar surface area (TPSA) is 77.8 Å². The number of aliphatic hydroxyl groups excluding tert-OH is 1. The van der Waals surface area contributed by atoms with Crippen LogP contribution in [0.25, 0.3) is 0 Å². The second-order valence-electron chi connectivity index (χ2n) is 8.59. The summed E-state index contributed by atoms with van der Waals surface area (Å²) in [5.41, 5.74) is -0.410. The molecular weight excluding hydrogens is 400 g/mol.